The Labute approximate surface area is 246 Å². The van der Waals surface area contributed by atoms with E-state index in [-0.39, 0.29) is 19.0 Å². The van der Waals surface area contributed by atoms with Gasteiger partial charge >= 0.3 is 0 Å². The first-order valence-electron chi connectivity index (χ1n) is 14.8. The van der Waals surface area contributed by atoms with Gasteiger partial charge in [0.25, 0.3) is 0 Å². The van der Waals surface area contributed by atoms with Crippen LogP contribution in [0.3, 0.4) is 0 Å². The first kappa shape index (κ1) is 28.3. The van der Waals surface area contributed by atoms with E-state index in [2.05, 4.69) is 32.3 Å². The third-order valence-electron chi connectivity index (χ3n) is 7.91. The first-order chi connectivity index (χ1) is 20.6. The van der Waals surface area contributed by atoms with Crippen LogP contribution >= 0.6 is 0 Å². The summed E-state index contributed by atoms with van der Waals surface area (Å²) in [6.45, 7) is 4.31. The number of rotatable bonds is 10. The van der Waals surface area contributed by atoms with Crippen molar-refractivity contribution in [2.24, 2.45) is 5.92 Å². The molecule has 1 aliphatic carbocycles. The van der Waals surface area contributed by atoms with Crippen LogP contribution in [0, 0.1) is 17.8 Å². The summed E-state index contributed by atoms with van der Waals surface area (Å²) < 4.78 is 19.5. The molecule has 0 amide bonds. The number of nitrogens with zero attached hydrogens (tertiary/aromatic N) is 4. The van der Waals surface area contributed by atoms with E-state index >= 15 is 0 Å². The highest BCUT2D eigenvalue weighted by Crippen LogP contribution is 2.27. The second-order valence-electron chi connectivity index (χ2n) is 11.1. The van der Waals surface area contributed by atoms with E-state index in [1.54, 1.807) is 6.20 Å². The minimum absolute atomic E-state index is 0.172. The zero-order valence-electron chi connectivity index (χ0n) is 23.9. The zero-order chi connectivity index (χ0) is 28.7. The van der Waals surface area contributed by atoms with Gasteiger partial charge in [0, 0.05) is 67.1 Å². The molecule has 0 spiro atoms. The van der Waals surface area contributed by atoms with Crippen molar-refractivity contribution in [1.29, 1.82) is 0 Å². The van der Waals surface area contributed by atoms with E-state index in [9.17, 15) is 0 Å². The molecule has 218 valence electrons. The summed E-state index contributed by atoms with van der Waals surface area (Å²) in [6, 6.07) is 14.4. The molecular weight excluding hydrogens is 530 g/mol. The average Bonchev–Trinajstić information content (AvgIpc) is 3.67. The molecule has 1 saturated carbocycles. The summed E-state index contributed by atoms with van der Waals surface area (Å²) in [7, 11) is 0. The number of hydrogen-bond donors (Lipinski definition) is 2. The van der Waals surface area contributed by atoms with Crippen LogP contribution in [0.4, 0.5) is 0 Å². The SMILES string of the molecule is C[C@H](OC1CCCCO1)c1nccn1Cc1cc(-c2ccc(C#Cc3ccc(CNC4CC(CO)C4)nc3)cc2)on1. The molecular formula is C33H37N5O4. The quantitative estimate of drug-likeness (QED) is 0.262. The molecule has 0 bridgehead atoms. The summed E-state index contributed by atoms with van der Waals surface area (Å²) in [6.07, 6.45) is 10.4. The number of pyridine rings is 1. The molecule has 4 heterocycles. The van der Waals surface area contributed by atoms with Crippen LogP contribution in [-0.4, -0.2) is 50.3 Å². The van der Waals surface area contributed by atoms with Crippen molar-refractivity contribution >= 4 is 0 Å². The first-order valence-corrected chi connectivity index (χ1v) is 14.8. The number of aromatic nitrogens is 4. The number of hydrogen-bond acceptors (Lipinski definition) is 8. The van der Waals surface area contributed by atoms with E-state index < -0.39 is 0 Å². The summed E-state index contributed by atoms with van der Waals surface area (Å²) in [5.74, 6) is 8.40. The highest BCUT2D eigenvalue weighted by Gasteiger charge is 2.27. The van der Waals surface area contributed by atoms with E-state index in [0.717, 1.165) is 79.2 Å². The fourth-order valence-corrected chi connectivity index (χ4v) is 5.38. The van der Waals surface area contributed by atoms with E-state index in [1.165, 1.54) is 0 Å². The lowest BCUT2D eigenvalue weighted by atomic mass is 9.81. The zero-order valence-corrected chi connectivity index (χ0v) is 23.9. The fourth-order valence-electron chi connectivity index (χ4n) is 5.38. The van der Waals surface area contributed by atoms with Crippen LogP contribution in [-0.2, 0) is 22.6 Å². The van der Waals surface area contributed by atoms with Crippen molar-refractivity contribution in [3.63, 3.8) is 0 Å². The molecule has 0 radical (unpaired) electrons. The third-order valence-corrected chi connectivity index (χ3v) is 7.91. The summed E-state index contributed by atoms with van der Waals surface area (Å²) >= 11 is 0. The molecule has 4 aromatic rings. The number of nitrogens with one attached hydrogen (secondary N) is 1. The molecule has 1 saturated heterocycles. The maximum atomic E-state index is 9.15. The number of aliphatic hydroxyl groups excluding tert-OH is 1. The lowest BCUT2D eigenvalue weighted by Gasteiger charge is -2.34. The van der Waals surface area contributed by atoms with Crippen LogP contribution in [0.5, 0.6) is 0 Å². The predicted octanol–water partition coefficient (Wildman–Crippen LogP) is 4.85. The number of imidazole rings is 1. The third kappa shape index (κ3) is 7.15. The van der Waals surface area contributed by atoms with Crippen LogP contribution in [0.1, 0.15) is 73.5 Å². The Morgan fingerprint density at radius 3 is 2.67 bits per heavy atom. The van der Waals surface area contributed by atoms with E-state index in [0.29, 0.717) is 24.3 Å². The Balaban J connectivity index is 1.02. The molecule has 9 heteroatoms. The molecule has 2 atom stereocenters. The molecule has 1 unspecified atom stereocenters. The fraction of sp³-hybridized carbons (Fsp3) is 0.424. The lowest BCUT2D eigenvalue weighted by Crippen LogP contribution is -2.42. The Morgan fingerprint density at radius 2 is 1.90 bits per heavy atom. The molecule has 1 aromatic carbocycles. The van der Waals surface area contributed by atoms with Gasteiger partial charge in [-0.1, -0.05) is 17.0 Å². The van der Waals surface area contributed by atoms with Gasteiger partial charge in [-0.05, 0) is 81.3 Å². The Morgan fingerprint density at radius 1 is 1.07 bits per heavy atom. The van der Waals surface area contributed by atoms with Gasteiger partial charge in [0.2, 0.25) is 0 Å². The van der Waals surface area contributed by atoms with Crippen LogP contribution in [0.15, 0.2) is 65.6 Å². The maximum Gasteiger partial charge on any atom is 0.167 e. The van der Waals surface area contributed by atoms with Crippen molar-refractivity contribution in [2.75, 3.05) is 13.2 Å². The summed E-state index contributed by atoms with van der Waals surface area (Å²) in [5, 5.41) is 16.9. The van der Waals surface area contributed by atoms with E-state index in [1.807, 2.05) is 66.3 Å². The Kier molecular flexibility index (Phi) is 9.06. The highest BCUT2D eigenvalue weighted by atomic mass is 16.7. The molecule has 1 aliphatic heterocycles. The molecule has 42 heavy (non-hydrogen) atoms. The highest BCUT2D eigenvalue weighted by molar-refractivity contribution is 5.59. The topological polar surface area (TPSA) is 107 Å². The molecule has 3 aromatic heterocycles. The number of ether oxygens (including phenoxy) is 2. The minimum Gasteiger partial charge on any atom is -0.396 e. The molecule has 9 nitrogen and oxygen atoms in total. The van der Waals surface area contributed by atoms with Crippen molar-refractivity contribution in [3.05, 3.63) is 89.4 Å². The van der Waals surface area contributed by atoms with Gasteiger partial charge in [0.1, 0.15) is 17.6 Å². The number of aliphatic hydroxyl groups is 1. The normalized spacial score (nSPS) is 20.9. The molecule has 2 aliphatic rings. The molecule has 6 rings (SSSR count). The monoisotopic (exact) mass is 567 g/mol. The second kappa shape index (κ2) is 13.4. The van der Waals surface area contributed by atoms with Gasteiger partial charge in [-0.2, -0.15) is 0 Å². The minimum atomic E-state index is -0.188. The largest absolute Gasteiger partial charge is 0.396 e. The lowest BCUT2D eigenvalue weighted by molar-refractivity contribution is -0.188. The Hall–Kier alpha value is -3.81. The van der Waals surface area contributed by atoms with Crippen LogP contribution in [0.2, 0.25) is 0 Å². The van der Waals surface area contributed by atoms with Gasteiger partial charge in [-0.25, -0.2) is 4.98 Å². The predicted molar refractivity (Wildman–Crippen MR) is 157 cm³/mol. The second-order valence-corrected chi connectivity index (χ2v) is 11.1. The van der Waals surface area contributed by atoms with Gasteiger partial charge in [-0.15, -0.1) is 0 Å². The Bertz CT molecular complexity index is 1490. The van der Waals surface area contributed by atoms with Crippen LogP contribution < -0.4 is 5.32 Å². The van der Waals surface area contributed by atoms with Crippen molar-refractivity contribution in [1.82, 2.24) is 25.0 Å². The standard InChI is InChI=1S/C33H37N5O4/c1-23(41-32-4-2-3-15-40-32)33-34-13-14-38(33)21-30-18-31(42-37-30)27-10-7-24(8-11-27)5-6-25-9-12-28(35-19-25)20-36-29-16-26(17-29)22-39/h7-14,18-19,23,26,29,32,36,39H,2-4,15-17,20-22H2,1H3/t23-,26?,29?,32?/m0/s1. The van der Waals surface area contributed by atoms with Crippen LogP contribution in [0.25, 0.3) is 11.3 Å². The van der Waals surface area contributed by atoms with Gasteiger partial charge in [0.05, 0.1) is 12.2 Å². The smallest absolute Gasteiger partial charge is 0.167 e. The summed E-state index contributed by atoms with van der Waals surface area (Å²) in [4.78, 5) is 9.05. The average molecular weight is 568 g/mol. The maximum absolute atomic E-state index is 9.15. The van der Waals surface area contributed by atoms with Crippen molar-refractivity contribution in [2.45, 2.75) is 70.6 Å². The van der Waals surface area contributed by atoms with Crippen molar-refractivity contribution in [3.8, 4) is 23.2 Å². The van der Waals surface area contributed by atoms with Gasteiger partial charge in [0.15, 0.2) is 12.1 Å². The molecule has 2 N–H and O–H groups in total. The summed E-state index contributed by atoms with van der Waals surface area (Å²) in [5.41, 5.74) is 4.52. The number of benzene rings is 1. The molecule has 2 fully saturated rings. The van der Waals surface area contributed by atoms with Gasteiger partial charge in [-0.3, -0.25) is 4.98 Å². The van der Waals surface area contributed by atoms with Gasteiger partial charge < -0.3 is 29.0 Å². The van der Waals surface area contributed by atoms with E-state index in [4.69, 9.17) is 19.1 Å². The van der Waals surface area contributed by atoms with Crippen molar-refractivity contribution < 1.29 is 19.1 Å².